The van der Waals surface area contributed by atoms with Crippen molar-refractivity contribution in [3.8, 4) is 0 Å². The Balaban J connectivity index is 1.75. The highest BCUT2D eigenvalue weighted by Gasteiger charge is 2.03. The Kier molecular flexibility index (Phi) is 4.33. The van der Waals surface area contributed by atoms with Gasteiger partial charge in [-0.3, -0.25) is 0 Å². The first kappa shape index (κ1) is 15.8. The predicted octanol–water partition coefficient (Wildman–Crippen LogP) is 3.73. The molecule has 0 saturated heterocycles. The molecule has 3 rings (SSSR count). The Hall–Kier alpha value is -3.08. The summed E-state index contributed by atoms with van der Waals surface area (Å²) in [6, 6.07) is 16.7. The summed E-state index contributed by atoms with van der Waals surface area (Å²) >= 11 is 0. The lowest BCUT2D eigenvalue weighted by molar-refractivity contribution is 0.897. The molecule has 3 aromatic rings. The van der Waals surface area contributed by atoms with Crippen LogP contribution in [0.15, 0.2) is 59.8 Å². The van der Waals surface area contributed by atoms with Crippen LogP contribution < -0.4 is 10.6 Å². The van der Waals surface area contributed by atoms with Gasteiger partial charge in [-0.05, 0) is 43.7 Å². The third-order valence-corrected chi connectivity index (χ3v) is 3.87. The second-order valence-corrected chi connectivity index (χ2v) is 5.82. The van der Waals surface area contributed by atoms with Crippen molar-refractivity contribution >= 4 is 23.5 Å². The van der Waals surface area contributed by atoms with Crippen LogP contribution in [0.5, 0.6) is 0 Å². The number of nitrogens with zero attached hydrogens (tertiary/aromatic N) is 4. The van der Waals surface area contributed by atoms with Gasteiger partial charge in [-0.25, -0.2) is 9.66 Å². The fourth-order valence-corrected chi connectivity index (χ4v) is 2.43. The molecule has 0 spiro atoms. The Bertz CT molecular complexity index is 844. The Morgan fingerprint density at radius 3 is 2.12 bits per heavy atom. The van der Waals surface area contributed by atoms with Gasteiger partial charge in [-0.15, -0.1) is 0 Å². The van der Waals surface area contributed by atoms with Crippen molar-refractivity contribution in [2.24, 2.45) is 5.10 Å². The largest absolute Gasteiger partial charge is 0.368 e. The van der Waals surface area contributed by atoms with Crippen molar-refractivity contribution in [1.29, 1.82) is 0 Å². The van der Waals surface area contributed by atoms with Gasteiger partial charge in [0.25, 0.3) is 0 Å². The average Bonchev–Trinajstić information content (AvgIpc) is 2.91. The van der Waals surface area contributed by atoms with E-state index in [0.717, 1.165) is 22.6 Å². The van der Waals surface area contributed by atoms with E-state index < -0.39 is 0 Å². The van der Waals surface area contributed by atoms with Crippen LogP contribution >= 0.6 is 0 Å². The van der Waals surface area contributed by atoms with E-state index in [-0.39, 0.29) is 0 Å². The van der Waals surface area contributed by atoms with Crippen LogP contribution in [0, 0.1) is 13.8 Å². The zero-order valence-electron chi connectivity index (χ0n) is 14.1. The third kappa shape index (κ3) is 3.46. The van der Waals surface area contributed by atoms with E-state index in [1.54, 1.807) is 17.1 Å². The molecule has 0 amide bonds. The van der Waals surface area contributed by atoms with E-state index in [4.69, 9.17) is 5.73 Å². The van der Waals surface area contributed by atoms with Crippen LogP contribution in [0.1, 0.15) is 16.8 Å². The maximum atomic E-state index is 5.78. The lowest BCUT2D eigenvalue weighted by atomic mass is 10.2. The standard InChI is InChI=1S/C19H21N5/c1-14-4-8-17(9-5-14)23(3)18-10-6-16(7-11-18)12-21-24-13-15(2)22-19(24)20/h4-13H,1-3H3,(H2,20,22). The summed E-state index contributed by atoms with van der Waals surface area (Å²) in [5, 5.41) is 4.33. The normalized spacial score (nSPS) is 11.1. The van der Waals surface area contributed by atoms with E-state index in [2.05, 4.69) is 65.4 Å². The number of benzene rings is 2. The Labute approximate surface area is 142 Å². The first-order valence-corrected chi connectivity index (χ1v) is 7.79. The van der Waals surface area contributed by atoms with E-state index >= 15 is 0 Å². The topological polar surface area (TPSA) is 59.4 Å². The summed E-state index contributed by atoms with van der Waals surface area (Å²) in [5.74, 6) is 0.388. The molecule has 0 aliphatic rings. The Morgan fingerprint density at radius 2 is 1.58 bits per heavy atom. The minimum atomic E-state index is 0.388. The number of nitrogen functional groups attached to an aromatic ring is 1. The second kappa shape index (κ2) is 6.58. The molecule has 0 radical (unpaired) electrons. The van der Waals surface area contributed by atoms with Gasteiger partial charge in [0.05, 0.1) is 18.1 Å². The molecule has 1 heterocycles. The SMILES string of the molecule is Cc1ccc(N(C)c2ccc(C=Nn3cc(C)nc3N)cc2)cc1. The number of anilines is 3. The highest BCUT2D eigenvalue weighted by molar-refractivity contribution is 5.80. The summed E-state index contributed by atoms with van der Waals surface area (Å²) in [5.41, 5.74) is 11.2. The predicted molar refractivity (Wildman–Crippen MR) is 100 cm³/mol. The highest BCUT2D eigenvalue weighted by Crippen LogP contribution is 2.23. The number of imidazole rings is 1. The van der Waals surface area contributed by atoms with Gasteiger partial charge in [-0.2, -0.15) is 5.10 Å². The lowest BCUT2D eigenvalue weighted by Crippen LogP contribution is -2.09. The van der Waals surface area contributed by atoms with Crippen molar-refractivity contribution in [2.45, 2.75) is 13.8 Å². The Morgan fingerprint density at radius 1 is 1.00 bits per heavy atom. The van der Waals surface area contributed by atoms with Gasteiger partial charge in [0.2, 0.25) is 5.95 Å². The molecular weight excluding hydrogens is 298 g/mol. The van der Waals surface area contributed by atoms with Crippen molar-refractivity contribution in [2.75, 3.05) is 17.7 Å². The second-order valence-electron chi connectivity index (χ2n) is 5.82. The number of aryl methyl sites for hydroxylation is 2. The molecule has 2 N–H and O–H groups in total. The molecule has 0 atom stereocenters. The van der Waals surface area contributed by atoms with Crippen LogP contribution in [0.4, 0.5) is 17.3 Å². The van der Waals surface area contributed by atoms with Gasteiger partial charge < -0.3 is 10.6 Å². The van der Waals surface area contributed by atoms with Crippen LogP contribution in [0.2, 0.25) is 0 Å². The molecule has 0 unspecified atom stereocenters. The summed E-state index contributed by atoms with van der Waals surface area (Å²) in [4.78, 5) is 6.27. The zero-order chi connectivity index (χ0) is 17.1. The van der Waals surface area contributed by atoms with Gasteiger partial charge in [0.1, 0.15) is 0 Å². The summed E-state index contributed by atoms with van der Waals surface area (Å²) in [7, 11) is 2.06. The van der Waals surface area contributed by atoms with Gasteiger partial charge in [0, 0.05) is 18.4 Å². The molecule has 2 aromatic carbocycles. The van der Waals surface area contributed by atoms with Crippen molar-refractivity contribution in [3.63, 3.8) is 0 Å². The van der Waals surface area contributed by atoms with Crippen LogP contribution in [0.25, 0.3) is 0 Å². The zero-order valence-corrected chi connectivity index (χ0v) is 14.1. The van der Waals surface area contributed by atoms with E-state index in [1.807, 2.05) is 19.1 Å². The quantitative estimate of drug-likeness (QED) is 0.745. The molecule has 1 aromatic heterocycles. The molecule has 0 saturated carbocycles. The molecule has 0 fully saturated rings. The summed E-state index contributed by atoms with van der Waals surface area (Å²) in [6.07, 6.45) is 3.57. The average molecular weight is 319 g/mol. The smallest absolute Gasteiger partial charge is 0.221 e. The number of hydrogen-bond donors (Lipinski definition) is 1. The summed E-state index contributed by atoms with van der Waals surface area (Å²) < 4.78 is 1.57. The molecule has 0 aliphatic heterocycles. The maximum absolute atomic E-state index is 5.78. The molecule has 0 aliphatic carbocycles. The van der Waals surface area contributed by atoms with Gasteiger partial charge >= 0.3 is 0 Å². The highest BCUT2D eigenvalue weighted by atomic mass is 15.4. The van der Waals surface area contributed by atoms with E-state index in [1.165, 1.54) is 5.56 Å². The minimum Gasteiger partial charge on any atom is -0.368 e. The fraction of sp³-hybridized carbons (Fsp3) is 0.158. The number of nitrogens with two attached hydrogens (primary N) is 1. The number of aromatic nitrogens is 2. The molecule has 24 heavy (non-hydrogen) atoms. The third-order valence-electron chi connectivity index (χ3n) is 3.87. The van der Waals surface area contributed by atoms with Crippen LogP contribution in [-0.2, 0) is 0 Å². The van der Waals surface area contributed by atoms with Crippen molar-refractivity contribution in [3.05, 3.63) is 71.5 Å². The molecule has 122 valence electrons. The molecular formula is C19H21N5. The first-order chi connectivity index (χ1) is 11.5. The monoisotopic (exact) mass is 319 g/mol. The van der Waals surface area contributed by atoms with E-state index in [0.29, 0.717) is 5.95 Å². The molecule has 0 bridgehead atoms. The number of rotatable bonds is 4. The van der Waals surface area contributed by atoms with E-state index in [9.17, 15) is 0 Å². The van der Waals surface area contributed by atoms with Gasteiger partial charge in [-0.1, -0.05) is 29.8 Å². The molecule has 5 heteroatoms. The molecule has 5 nitrogen and oxygen atoms in total. The minimum absolute atomic E-state index is 0.388. The maximum Gasteiger partial charge on any atom is 0.221 e. The van der Waals surface area contributed by atoms with Crippen molar-refractivity contribution < 1.29 is 0 Å². The van der Waals surface area contributed by atoms with Gasteiger partial charge in [0.15, 0.2) is 0 Å². The first-order valence-electron chi connectivity index (χ1n) is 7.79. The lowest BCUT2D eigenvalue weighted by Gasteiger charge is -2.19. The van der Waals surface area contributed by atoms with Crippen LogP contribution in [0.3, 0.4) is 0 Å². The van der Waals surface area contributed by atoms with Crippen molar-refractivity contribution in [1.82, 2.24) is 9.66 Å². The fourth-order valence-electron chi connectivity index (χ4n) is 2.43. The van der Waals surface area contributed by atoms with Crippen LogP contribution in [-0.4, -0.2) is 22.9 Å². The summed E-state index contributed by atoms with van der Waals surface area (Å²) in [6.45, 7) is 3.98. The number of hydrogen-bond acceptors (Lipinski definition) is 4.